The molecule has 2 N–H and O–H groups in total. The number of esters is 1. The SMILES string of the molecule is C=CCOC(=O)[C@@H](O)CNC(C)=O. The van der Waals surface area contributed by atoms with Crippen LogP contribution in [0.2, 0.25) is 0 Å². The number of amides is 1. The third-order valence-electron chi connectivity index (χ3n) is 1.16. The Morgan fingerprint density at radius 2 is 2.31 bits per heavy atom. The maximum Gasteiger partial charge on any atom is 0.337 e. The third kappa shape index (κ3) is 5.86. The molecular weight excluding hydrogens is 174 g/mol. The topological polar surface area (TPSA) is 75.6 Å². The van der Waals surface area contributed by atoms with Crippen LogP contribution in [0.4, 0.5) is 0 Å². The number of carbonyl (C=O) groups is 2. The van der Waals surface area contributed by atoms with Crippen LogP contribution in [-0.4, -0.2) is 36.2 Å². The van der Waals surface area contributed by atoms with E-state index in [9.17, 15) is 9.59 Å². The lowest BCUT2D eigenvalue weighted by atomic mass is 10.3. The van der Waals surface area contributed by atoms with E-state index in [1.807, 2.05) is 0 Å². The normalized spacial score (nSPS) is 11.5. The Morgan fingerprint density at radius 1 is 1.69 bits per heavy atom. The molecule has 0 heterocycles. The first-order chi connectivity index (χ1) is 6.07. The van der Waals surface area contributed by atoms with Crippen molar-refractivity contribution in [2.24, 2.45) is 0 Å². The molecule has 5 heteroatoms. The number of nitrogens with one attached hydrogen (secondary N) is 1. The van der Waals surface area contributed by atoms with E-state index in [-0.39, 0.29) is 19.1 Å². The molecule has 0 bridgehead atoms. The minimum absolute atomic E-state index is 0.0516. The molecule has 5 nitrogen and oxygen atoms in total. The van der Waals surface area contributed by atoms with Crippen LogP contribution in [0.1, 0.15) is 6.92 Å². The predicted octanol–water partition coefficient (Wildman–Crippen LogP) is -0.787. The molecule has 13 heavy (non-hydrogen) atoms. The summed E-state index contributed by atoms with van der Waals surface area (Å²) in [4.78, 5) is 21.2. The molecule has 0 radical (unpaired) electrons. The zero-order valence-electron chi connectivity index (χ0n) is 7.45. The third-order valence-corrected chi connectivity index (χ3v) is 1.16. The van der Waals surface area contributed by atoms with Gasteiger partial charge in [-0.3, -0.25) is 4.79 Å². The smallest absolute Gasteiger partial charge is 0.337 e. The number of rotatable bonds is 5. The van der Waals surface area contributed by atoms with Crippen LogP contribution in [0.3, 0.4) is 0 Å². The van der Waals surface area contributed by atoms with Crippen molar-refractivity contribution < 1.29 is 19.4 Å². The molecule has 74 valence electrons. The maximum atomic E-state index is 10.8. The molecule has 0 spiro atoms. The number of aliphatic hydroxyl groups is 1. The number of hydrogen-bond donors (Lipinski definition) is 2. The van der Waals surface area contributed by atoms with Gasteiger partial charge in [0.2, 0.25) is 5.91 Å². The molecule has 0 aromatic rings. The fourth-order valence-electron chi connectivity index (χ4n) is 0.561. The van der Waals surface area contributed by atoms with Crippen molar-refractivity contribution in [3.63, 3.8) is 0 Å². The summed E-state index contributed by atoms with van der Waals surface area (Å²) in [6.07, 6.45) is 0.0760. The highest BCUT2D eigenvalue weighted by atomic mass is 16.5. The lowest BCUT2D eigenvalue weighted by Gasteiger charge is -2.09. The molecule has 0 aromatic carbocycles. The lowest BCUT2D eigenvalue weighted by Crippen LogP contribution is -2.36. The summed E-state index contributed by atoms with van der Waals surface area (Å²) in [5, 5.41) is 11.4. The number of aliphatic hydroxyl groups excluding tert-OH is 1. The molecule has 0 aliphatic heterocycles. The summed E-state index contributed by atoms with van der Waals surface area (Å²) in [6, 6.07) is 0. The second-order valence-electron chi connectivity index (χ2n) is 2.37. The van der Waals surface area contributed by atoms with Crippen LogP contribution in [0.25, 0.3) is 0 Å². The van der Waals surface area contributed by atoms with E-state index in [0.717, 1.165) is 0 Å². The Labute approximate surface area is 76.4 Å². The lowest BCUT2D eigenvalue weighted by molar-refractivity contribution is -0.152. The van der Waals surface area contributed by atoms with Gasteiger partial charge in [-0.05, 0) is 0 Å². The molecule has 0 aliphatic carbocycles. The van der Waals surface area contributed by atoms with E-state index in [2.05, 4.69) is 16.6 Å². The molecule has 1 atom stereocenters. The summed E-state index contributed by atoms with van der Waals surface area (Å²) < 4.78 is 4.53. The van der Waals surface area contributed by atoms with Crippen LogP contribution < -0.4 is 5.32 Å². The highest BCUT2D eigenvalue weighted by Crippen LogP contribution is 1.87. The van der Waals surface area contributed by atoms with Gasteiger partial charge in [-0.2, -0.15) is 0 Å². The van der Waals surface area contributed by atoms with Gasteiger partial charge >= 0.3 is 5.97 Å². The van der Waals surface area contributed by atoms with E-state index in [4.69, 9.17) is 5.11 Å². The maximum absolute atomic E-state index is 10.8. The Kier molecular flexibility index (Phi) is 5.54. The van der Waals surface area contributed by atoms with Crippen molar-refractivity contribution >= 4 is 11.9 Å². The monoisotopic (exact) mass is 187 g/mol. The van der Waals surface area contributed by atoms with Crippen molar-refractivity contribution in [2.75, 3.05) is 13.2 Å². The summed E-state index contributed by atoms with van der Waals surface area (Å²) in [7, 11) is 0. The Hall–Kier alpha value is -1.36. The first kappa shape index (κ1) is 11.6. The van der Waals surface area contributed by atoms with Gasteiger partial charge in [-0.25, -0.2) is 4.79 Å². The minimum Gasteiger partial charge on any atom is -0.460 e. The van der Waals surface area contributed by atoms with Gasteiger partial charge in [0.15, 0.2) is 6.10 Å². The van der Waals surface area contributed by atoms with Crippen molar-refractivity contribution in [3.8, 4) is 0 Å². The van der Waals surface area contributed by atoms with Gasteiger partial charge in [0, 0.05) is 6.92 Å². The highest BCUT2D eigenvalue weighted by molar-refractivity contribution is 5.77. The van der Waals surface area contributed by atoms with E-state index in [1.165, 1.54) is 13.0 Å². The zero-order chi connectivity index (χ0) is 10.3. The Morgan fingerprint density at radius 3 is 2.77 bits per heavy atom. The average Bonchev–Trinajstić information content (AvgIpc) is 2.10. The molecule has 0 fully saturated rings. The van der Waals surface area contributed by atoms with Gasteiger partial charge in [0.1, 0.15) is 6.61 Å². The molecule has 0 unspecified atom stereocenters. The van der Waals surface area contributed by atoms with Gasteiger partial charge < -0.3 is 15.2 Å². The molecule has 0 aromatic heterocycles. The first-order valence-corrected chi connectivity index (χ1v) is 3.78. The van der Waals surface area contributed by atoms with Gasteiger partial charge in [0.05, 0.1) is 6.54 Å². The van der Waals surface area contributed by atoms with Gasteiger partial charge in [0.25, 0.3) is 0 Å². The van der Waals surface area contributed by atoms with E-state index in [1.54, 1.807) is 0 Å². The Bertz CT molecular complexity index is 202. The van der Waals surface area contributed by atoms with Crippen LogP contribution in [0.5, 0.6) is 0 Å². The molecular formula is C8H13NO4. The quantitative estimate of drug-likeness (QED) is 0.437. The van der Waals surface area contributed by atoms with Crippen LogP contribution >= 0.6 is 0 Å². The average molecular weight is 187 g/mol. The fourth-order valence-corrected chi connectivity index (χ4v) is 0.561. The fraction of sp³-hybridized carbons (Fsp3) is 0.500. The van der Waals surface area contributed by atoms with Crippen molar-refractivity contribution in [1.82, 2.24) is 5.32 Å². The molecule has 0 aliphatic rings. The molecule has 1 amide bonds. The van der Waals surface area contributed by atoms with Crippen molar-refractivity contribution in [2.45, 2.75) is 13.0 Å². The summed E-state index contributed by atoms with van der Waals surface area (Å²) in [6.45, 7) is 4.55. The molecule has 0 saturated heterocycles. The number of carbonyl (C=O) groups excluding carboxylic acids is 2. The highest BCUT2D eigenvalue weighted by Gasteiger charge is 2.15. The van der Waals surface area contributed by atoms with Crippen molar-refractivity contribution in [1.29, 1.82) is 0 Å². The van der Waals surface area contributed by atoms with E-state index >= 15 is 0 Å². The summed E-state index contributed by atoms with van der Waals surface area (Å²) in [5.74, 6) is -1.08. The van der Waals surface area contributed by atoms with Crippen molar-refractivity contribution in [3.05, 3.63) is 12.7 Å². The minimum atomic E-state index is -1.32. The summed E-state index contributed by atoms with van der Waals surface area (Å²) >= 11 is 0. The van der Waals surface area contributed by atoms with E-state index < -0.39 is 12.1 Å². The molecule has 0 saturated carbocycles. The van der Waals surface area contributed by atoms with Gasteiger partial charge in [-0.1, -0.05) is 12.7 Å². The first-order valence-electron chi connectivity index (χ1n) is 3.78. The van der Waals surface area contributed by atoms with Gasteiger partial charge in [-0.15, -0.1) is 0 Å². The predicted molar refractivity (Wildman–Crippen MR) is 45.8 cm³/mol. The Balaban J connectivity index is 3.68. The van der Waals surface area contributed by atoms with E-state index in [0.29, 0.717) is 0 Å². The summed E-state index contributed by atoms with van der Waals surface area (Å²) in [5.41, 5.74) is 0. The second kappa shape index (κ2) is 6.19. The number of hydrogen-bond acceptors (Lipinski definition) is 4. The second-order valence-corrected chi connectivity index (χ2v) is 2.37. The number of ether oxygens (including phenoxy) is 1. The van der Waals surface area contributed by atoms with Crippen LogP contribution in [0, 0.1) is 0 Å². The largest absolute Gasteiger partial charge is 0.460 e. The van der Waals surface area contributed by atoms with Crippen LogP contribution in [0.15, 0.2) is 12.7 Å². The molecule has 0 rings (SSSR count). The zero-order valence-corrected chi connectivity index (χ0v) is 7.45. The van der Waals surface area contributed by atoms with Crippen LogP contribution in [-0.2, 0) is 14.3 Å². The standard InChI is InChI=1S/C8H13NO4/c1-3-4-13-8(12)7(11)5-9-6(2)10/h3,7,11H,1,4-5H2,2H3,(H,9,10)/t7-/m0/s1.